The normalized spacial score (nSPS) is 12.2. The fraction of sp³-hybridized carbons (Fsp3) is 0.364. The third kappa shape index (κ3) is 2.96. The predicted octanol–water partition coefficient (Wildman–Crippen LogP) is 2.63. The Hall–Kier alpha value is -1.03. The van der Waals surface area contributed by atoms with Gasteiger partial charge in [-0.25, -0.2) is 0 Å². The van der Waals surface area contributed by atoms with Crippen LogP contribution < -0.4 is 10.5 Å². The first-order valence-electron chi connectivity index (χ1n) is 4.76. The molecular weight excluding hydrogens is 258 g/mol. The lowest BCUT2D eigenvalue weighted by Gasteiger charge is -2.11. The second-order valence-electron chi connectivity index (χ2n) is 3.17. The lowest BCUT2D eigenvalue weighted by molar-refractivity contribution is 0.0992. The number of nitrogen functional groups attached to an aromatic ring is 1. The maximum absolute atomic E-state index is 11.8. The average molecular weight is 272 g/mol. The zero-order valence-corrected chi connectivity index (χ0v) is 10.4. The summed E-state index contributed by atoms with van der Waals surface area (Å²) in [6.07, 6.45) is 0. The van der Waals surface area contributed by atoms with E-state index in [0.717, 1.165) is 0 Å². The molecule has 0 bridgehead atoms. The van der Waals surface area contributed by atoms with Crippen LogP contribution in [0.25, 0.3) is 0 Å². The van der Waals surface area contributed by atoms with Crippen molar-refractivity contribution in [2.75, 3.05) is 12.3 Å². The third-order valence-electron chi connectivity index (χ3n) is 1.93. The van der Waals surface area contributed by atoms with Crippen molar-refractivity contribution in [3.63, 3.8) is 0 Å². The van der Waals surface area contributed by atoms with E-state index < -0.39 is 0 Å². The highest BCUT2D eigenvalue weighted by Crippen LogP contribution is 2.24. The van der Waals surface area contributed by atoms with Gasteiger partial charge in [0.1, 0.15) is 5.75 Å². The van der Waals surface area contributed by atoms with Crippen LogP contribution in [0.1, 0.15) is 24.2 Å². The van der Waals surface area contributed by atoms with Gasteiger partial charge in [-0.15, -0.1) is 0 Å². The SMILES string of the molecule is CCOc1ccc(N)cc1C(=O)C(C)Br. The van der Waals surface area contributed by atoms with E-state index in [1.165, 1.54) is 0 Å². The summed E-state index contributed by atoms with van der Waals surface area (Å²) in [6.45, 7) is 4.18. The molecule has 0 aliphatic carbocycles. The summed E-state index contributed by atoms with van der Waals surface area (Å²) >= 11 is 3.24. The molecule has 1 aromatic rings. The van der Waals surface area contributed by atoms with Crippen molar-refractivity contribution in [3.05, 3.63) is 23.8 Å². The van der Waals surface area contributed by atoms with Crippen molar-refractivity contribution >= 4 is 27.4 Å². The lowest BCUT2D eigenvalue weighted by atomic mass is 10.1. The molecular formula is C11H14BrNO2. The number of rotatable bonds is 4. The monoisotopic (exact) mass is 271 g/mol. The zero-order valence-electron chi connectivity index (χ0n) is 8.79. The van der Waals surface area contributed by atoms with Gasteiger partial charge in [0.2, 0.25) is 0 Å². The van der Waals surface area contributed by atoms with Crippen LogP contribution in [-0.2, 0) is 0 Å². The van der Waals surface area contributed by atoms with Gasteiger partial charge in [-0.1, -0.05) is 15.9 Å². The van der Waals surface area contributed by atoms with Crippen molar-refractivity contribution < 1.29 is 9.53 Å². The largest absolute Gasteiger partial charge is 0.493 e. The van der Waals surface area contributed by atoms with Crippen molar-refractivity contribution in [1.29, 1.82) is 0 Å². The summed E-state index contributed by atoms with van der Waals surface area (Å²) in [4.78, 5) is 11.6. The minimum Gasteiger partial charge on any atom is -0.493 e. The molecule has 0 saturated carbocycles. The van der Waals surface area contributed by atoms with Gasteiger partial charge in [0.25, 0.3) is 0 Å². The Morgan fingerprint density at radius 1 is 1.60 bits per heavy atom. The van der Waals surface area contributed by atoms with E-state index >= 15 is 0 Å². The maximum atomic E-state index is 11.8. The highest BCUT2D eigenvalue weighted by molar-refractivity contribution is 9.10. The number of ether oxygens (including phenoxy) is 1. The highest BCUT2D eigenvalue weighted by atomic mass is 79.9. The van der Waals surface area contributed by atoms with Crippen LogP contribution in [-0.4, -0.2) is 17.2 Å². The van der Waals surface area contributed by atoms with Gasteiger partial charge in [0.05, 0.1) is 17.0 Å². The minimum absolute atomic E-state index is 0.0225. The molecule has 0 amide bonds. The molecule has 0 radical (unpaired) electrons. The van der Waals surface area contributed by atoms with Crippen LogP contribution in [0.15, 0.2) is 18.2 Å². The molecule has 0 spiro atoms. The van der Waals surface area contributed by atoms with Crippen LogP contribution in [0.4, 0.5) is 5.69 Å². The topological polar surface area (TPSA) is 52.3 Å². The summed E-state index contributed by atoms with van der Waals surface area (Å²) in [5, 5.41) is 0. The van der Waals surface area contributed by atoms with E-state index in [2.05, 4.69) is 15.9 Å². The van der Waals surface area contributed by atoms with E-state index in [1.807, 2.05) is 6.92 Å². The van der Waals surface area contributed by atoms with Gasteiger partial charge in [-0.3, -0.25) is 4.79 Å². The van der Waals surface area contributed by atoms with Gasteiger partial charge in [0.15, 0.2) is 5.78 Å². The predicted molar refractivity (Wildman–Crippen MR) is 64.7 cm³/mol. The highest BCUT2D eigenvalue weighted by Gasteiger charge is 2.17. The average Bonchev–Trinajstić information content (AvgIpc) is 2.20. The van der Waals surface area contributed by atoms with Crippen molar-refractivity contribution in [3.8, 4) is 5.75 Å². The number of nitrogens with two attached hydrogens (primary N) is 1. The molecule has 1 atom stereocenters. The summed E-state index contributed by atoms with van der Waals surface area (Å²) in [7, 11) is 0. The molecule has 0 aromatic heterocycles. The number of alkyl halides is 1. The van der Waals surface area contributed by atoms with Gasteiger partial charge in [0, 0.05) is 5.69 Å². The van der Waals surface area contributed by atoms with Crippen molar-refractivity contribution in [2.45, 2.75) is 18.7 Å². The fourth-order valence-electron chi connectivity index (χ4n) is 1.24. The first-order valence-corrected chi connectivity index (χ1v) is 5.68. The minimum atomic E-state index is -0.237. The van der Waals surface area contributed by atoms with Gasteiger partial charge in [-0.2, -0.15) is 0 Å². The first-order chi connectivity index (χ1) is 7.06. The summed E-state index contributed by atoms with van der Waals surface area (Å²) in [5.41, 5.74) is 6.73. The third-order valence-corrected chi connectivity index (χ3v) is 2.35. The number of Topliss-reactive ketones (excluding diaryl/α,β-unsaturated/α-hetero) is 1. The molecule has 1 aromatic carbocycles. The Bertz CT molecular complexity index is 364. The molecule has 2 N–H and O–H groups in total. The molecule has 82 valence electrons. The molecule has 3 nitrogen and oxygen atoms in total. The van der Waals surface area contributed by atoms with E-state index in [-0.39, 0.29) is 10.6 Å². The first kappa shape index (κ1) is 12.0. The Kier molecular flexibility index (Phi) is 4.15. The van der Waals surface area contributed by atoms with Crippen LogP contribution in [0, 0.1) is 0 Å². The van der Waals surface area contributed by atoms with E-state index in [4.69, 9.17) is 10.5 Å². The van der Waals surface area contributed by atoms with Gasteiger partial charge < -0.3 is 10.5 Å². The number of benzene rings is 1. The number of carbonyl (C=O) groups excluding carboxylic acids is 1. The Labute approximate surface area is 97.7 Å². The number of hydrogen-bond donors (Lipinski definition) is 1. The van der Waals surface area contributed by atoms with Gasteiger partial charge >= 0.3 is 0 Å². The van der Waals surface area contributed by atoms with Crippen LogP contribution in [0.5, 0.6) is 5.75 Å². The quantitative estimate of drug-likeness (QED) is 0.520. The number of carbonyl (C=O) groups is 1. The van der Waals surface area contributed by atoms with E-state index in [9.17, 15) is 4.79 Å². The van der Waals surface area contributed by atoms with Crippen LogP contribution in [0.3, 0.4) is 0 Å². The number of ketones is 1. The lowest BCUT2D eigenvalue weighted by Crippen LogP contribution is -2.12. The molecule has 0 heterocycles. The van der Waals surface area contributed by atoms with E-state index in [1.54, 1.807) is 25.1 Å². The Balaban J connectivity index is 3.12. The summed E-state index contributed by atoms with van der Waals surface area (Å²) in [6, 6.07) is 5.09. The Morgan fingerprint density at radius 2 is 2.27 bits per heavy atom. The molecule has 4 heteroatoms. The second kappa shape index (κ2) is 5.16. The number of halogens is 1. The molecule has 0 aliphatic heterocycles. The smallest absolute Gasteiger partial charge is 0.179 e. The molecule has 15 heavy (non-hydrogen) atoms. The zero-order chi connectivity index (χ0) is 11.4. The van der Waals surface area contributed by atoms with E-state index in [0.29, 0.717) is 23.6 Å². The van der Waals surface area contributed by atoms with Crippen molar-refractivity contribution in [1.82, 2.24) is 0 Å². The van der Waals surface area contributed by atoms with Crippen LogP contribution in [0.2, 0.25) is 0 Å². The maximum Gasteiger partial charge on any atom is 0.179 e. The number of anilines is 1. The summed E-state index contributed by atoms with van der Waals surface area (Å²) < 4.78 is 5.37. The summed E-state index contributed by atoms with van der Waals surface area (Å²) in [5.74, 6) is 0.564. The second-order valence-corrected chi connectivity index (χ2v) is 4.54. The van der Waals surface area contributed by atoms with Gasteiger partial charge in [-0.05, 0) is 32.0 Å². The molecule has 0 aliphatic rings. The Morgan fingerprint density at radius 3 is 2.80 bits per heavy atom. The molecule has 1 unspecified atom stereocenters. The van der Waals surface area contributed by atoms with Crippen molar-refractivity contribution in [2.24, 2.45) is 0 Å². The number of hydrogen-bond acceptors (Lipinski definition) is 3. The molecule has 0 fully saturated rings. The molecule has 1 rings (SSSR count). The standard InChI is InChI=1S/C11H14BrNO2/c1-3-15-10-5-4-8(13)6-9(10)11(14)7(2)12/h4-7H,3,13H2,1-2H3. The molecule has 0 saturated heterocycles. The van der Waals surface area contributed by atoms with Crippen LogP contribution >= 0.6 is 15.9 Å². The fourth-order valence-corrected chi connectivity index (χ4v) is 1.48.